The summed E-state index contributed by atoms with van der Waals surface area (Å²) in [5, 5.41) is 9.57. The summed E-state index contributed by atoms with van der Waals surface area (Å²) in [6, 6.07) is 16.4. The van der Waals surface area contributed by atoms with Gasteiger partial charge in [0, 0.05) is 37.4 Å². The molecule has 0 bridgehead atoms. The lowest BCUT2D eigenvalue weighted by Crippen LogP contribution is -2.56. The number of anilines is 1. The lowest BCUT2D eigenvalue weighted by atomic mass is 9.71. The minimum atomic E-state index is 0.126. The number of phenols is 1. The number of aromatic hydroxyl groups is 1. The molecule has 29 heavy (non-hydrogen) atoms. The van der Waals surface area contributed by atoms with Crippen molar-refractivity contribution in [3.8, 4) is 11.5 Å². The van der Waals surface area contributed by atoms with Crippen LogP contribution in [0.1, 0.15) is 45.1 Å². The molecule has 0 atom stereocenters. The van der Waals surface area contributed by atoms with Gasteiger partial charge >= 0.3 is 0 Å². The first-order valence-corrected chi connectivity index (χ1v) is 11.1. The maximum Gasteiger partial charge on any atom is 0.119 e. The van der Waals surface area contributed by atoms with Crippen LogP contribution in [0.3, 0.4) is 0 Å². The number of benzene rings is 2. The van der Waals surface area contributed by atoms with E-state index in [2.05, 4.69) is 41.0 Å². The molecule has 2 fully saturated rings. The molecule has 0 amide bonds. The third-order valence-electron chi connectivity index (χ3n) is 6.88. The molecule has 1 aliphatic carbocycles. The Bertz CT molecular complexity index is 789. The van der Waals surface area contributed by atoms with Gasteiger partial charge < -0.3 is 14.7 Å². The minimum absolute atomic E-state index is 0.126. The molecular weight excluding hydrogens is 360 g/mol. The number of phenolic OH excluding ortho intramolecular Hbond substituents is 1. The van der Waals surface area contributed by atoms with Crippen molar-refractivity contribution in [1.82, 2.24) is 4.90 Å². The molecule has 2 aliphatic rings. The molecule has 0 radical (unpaired) electrons. The average molecular weight is 395 g/mol. The molecule has 1 aliphatic heterocycles. The van der Waals surface area contributed by atoms with E-state index in [9.17, 15) is 5.11 Å². The van der Waals surface area contributed by atoms with Crippen LogP contribution in [0.15, 0.2) is 48.5 Å². The number of nitrogens with zero attached hydrogens (tertiary/aromatic N) is 2. The first-order valence-electron chi connectivity index (χ1n) is 11.1. The second-order valence-corrected chi connectivity index (χ2v) is 8.67. The first-order chi connectivity index (χ1) is 14.1. The lowest BCUT2D eigenvalue weighted by molar-refractivity contribution is 0.0297. The van der Waals surface area contributed by atoms with Crippen LogP contribution >= 0.6 is 0 Å². The average Bonchev–Trinajstić information content (AvgIpc) is 2.76. The van der Waals surface area contributed by atoms with Gasteiger partial charge in [-0.1, -0.05) is 19.1 Å². The molecule has 2 aromatic rings. The van der Waals surface area contributed by atoms with E-state index in [1.54, 1.807) is 12.1 Å². The van der Waals surface area contributed by atoms with Crippen molar-refractivity contribution < 1.29 is 9.84 Å². The summed E-state index contributed by atoms with van der Waals surface area (Å²) in [5.74, 6) is 2.14. The number of rotatable bonds is 5. The Balaban J connectivity index is 1.55. The lowest BCUT2D eigenvalue weighted by Gasteiger charge is -2.51. The highest BCUT2D eigenvalue weighted by Crippen LogP contribution is 2.45. The van der Waals surface area contributed by atoms with Crippen LogP contribution in [-0.2, 0) is 5.54 Å². The molecule has 1 saturated carbocycles. The van der Waals surface area contributed by atoms with E-state index in [4.69, 9.17) is 4.74 Å². The smallest absolute Gasteiger partial charge is 0.119 e. The summed E-state index contributed by atoms with van der Waals surface area (Å²) in [6.45, 7) is 9.32. The first kappa shape index (κ1) is 20.1. The molecule has 0 aromatic heterocycles. The van der Waals surface area contributed by atoms with E-state index in [1.165, 1.54) is 36.9 Å². The Morgan fingerprint density at radius 2 is 1.69 bits per heavy atom. The summed E-state index contributed by atoms with van der Waals surface area (Å²) in [5.41, 5.74) is 2.75. The highest BCUT2D eigenvalue weighted by atomic mass is 16.5. The van der Waals surface area contributed by atoms with Gasteiger partial charge in [-0.25, -0.2) is 0 Å². The normalized spacial score (nSPS) is 25.7. The van der Waals surface area contributed by atoms with Crippen molar-refractivity contribution in [1.29, 1.82) is 0 Å². The highest BCUT2D eigenvalue weighted by molar-refractivity contribution is 5.49. The molecule has 1 heterocycles. The third kappa shape index (κ3) is 4.23. The zero-order chi connectivity index (χ0) is 20.3. The molecule has 1 N–H and O–H groups in total. The van der Waals surface area contributed by atoms with Crippen molar-refractivity contribution in [3.05, 3.63) is 54.1 Å². The Labute approximate surface area is 175 Å². The van der Waals surface area contributed by atoms with Crippen LogP contribution in [0.2, 0.25) is 0 Å². The summed E-state index contributed by atoms with van der Waals surface area (Å²) in [4.78, 5) is 5.17. The summed E-state index contributed by atoms with van der Waals surface area (Å²) < 4.78 is 5.83. The Morgan fingerprint density at radius 3 is 2.34 bits per heavy atom. The topological polar surface area (TPSA) is 35.9 Å². The molecule has 156 valence electrons. The van der Waals surface area contributed by atoms with Gasteiger partial charge in [-0.05, 0) is 80.5 Å². The Morgan fingerprint density at radius 1 is 1.00 bits per heavy atom. The molecule has 0 unspecified atom stereocenters. The fourth-order valence-corrected chi connectivity index (χ4v) is 5.13. The van der Waals surface area contributed by atoms with Gasteiger partial charge in [-0.15, -0.1) is 0 Å². The van der Waals surface area contributed by atoms with Gasteiger partial charge in [-0.3, -0.25) is 4.90 Å². The van der Waals surface area contributed by atoms with Crippen LogP contribution in [0.4, 0.5) is 5.69 Å². The van der Waals surface area contributed by atoms with Gasteiger partial charge in [0.05, 0.1) is 6.61 Å². The van der Waals surface area contributed by atoms with Crippen LogP contribution in [0, 0.1) is 5.92 Å². The van der Waals surface area contributed by atoms with E-state index >= 15 is 0 Å². The van der Waals surface area contributed by atoms with Crippen molar-refractivity contribution in [2.45, 2.75) is 45.1 Å². The van der Waals surface area contributed by atoms with Crippen molar-refractivity contribution in [3.63, 3.8) is 0 Å². The predicted octanol–water partition coefficient (Wildman–Crippen LogP) is 5.02. The summed E-state index contributed by atoms with van der Waals surface area (Å²) >= 11 is 0. The minimum Gasteiger partial charge on any atom is -0.508 e. The number of hydrogen-bond acceptors (Lipinski definition) is 4. The van der Waals surface area contributed by atoms with Gasteiger partial charge in [0.15, 0.2) is 0 Å². The predicted molar refractivity (Wildman–Crippen MR) is 119 cm³/mol. The van der Waals surface area contributed by atoms with E-state index in [-0.39, 0.29) is 5.54 Å². The standard InChI is InChI=1S/C25H34N2O2/c1-3-29-24-6-4-5-21(19-24)25(13-11-20(2)12-14-25)27-17-15-26(16-18-27)22-7-9-23(28)10-8-22/h4-10,19-20,28H,3,11-18H2,1-2H3. The maximum atomic E-state index is 9.57. The van der Waals surface area contributed by atoms with Crippen molar-refractivity contribution >= 4 is 5.69 Å². The maximum absolute atomic E-state index is 9.57. The van der Waals surface area contributed by atoms with Crippen LogP contribution in [-0.4, -0.2) is 42.8 Å². The number of hydrogen-bond donors (Lipinski definition) is 1. The second-order valence-electron chi connectivity index (χ2n) is 8.67. The van der Waals surface area contributed by atoms with Gasteiger partial charge in [0.25, 0.3) is 0 Å². The summed E-state index contributed by atoms with van der Waals surface area (Å²) in [7, 11) is 0. The van der Waals surface area contributed by atoms with Crippen LogP contribution in [0.5, 0.6) is 11.5 Å². The monoisotopic (exact) mass is 394 g/mol. The molecular formula is C25H34N2O2. The third-order valence-corrected chi connectivity index (χ3v) is 6.88. The van der Waals surface area contributed by atoms with E-state index < -0.39 is 0 Å². The van der Waals surface area contributed by atoms with E-state index in [0.29, 0.717) is 12.4 Å². The number of piperazine rings is 1. The summed E-state index contributed by atoms with van der Waals surface area (Å²) in [6.07, 6.45) is 5.03. The fraction of sp³-hybridized carbons (Fsp3) is 0.520. The van der Waals surface area contributed by atoms with Gasteiger partial charge in [0.2, 0.25) is 0 Å². The Kier molecular flexibility index (Phi) is 6.00. The molecule has 4 heteroatoms. The largest absolute Gasteiger partial charge is 0.508 e. The van der Waals surface area contributed by atoms with E-state index in [0.717, 1.165) is 37.8 Å². The molecule has 0 spiro atoms. The zero-order valence-electron chi connectivity index (χ0n) is 17.8. The van der Waals surface area contributed by atoms with Crippen molar-refractivity contribution in [2.24, 2.45) is 5.92 Å². The van der Waals surface area contributed by atoms with Gasteiger partial charge in [0.1, 0.15) is 11.5 Å². The van der Waals surface area contributed by atoms with Crippen molar-refractivity contribution in [2.75, 3.05) is 37.7 Å². The second kappa shape index (κ2) is 8.66. The Hall–Kier alpha value is -2.20. The SMILES string of the molecule is CCOc1cccc(C2(N3CCN(c4ccc(O)cc4)CC3)CCC(C)CC2)c1. The fourth-order valence-electron chi connectivity index (χ4n) is 5.13. The highest BCUT2D eigenvalue weighted by Gasteiger charge is 2.42. The molecule has 1 saturated heterocycles. The zero-order valence-corrected chi connectivity index (χ0v) is 17.8. The number of ether oxygens (including phenoxy) is 1. The van der Waals surface area contributed by atoms with Crippen LogP contribution < -0.4 is 9.64 Å². The molecule has 4 nitrogen and oxygen atoms in total. The van der Waals surface area contributed by atoms with Crippen LogP contribution in [0.25, 0.3) is 0 Å². The molecule has 2 aromatic carbocycles. The quantitative estimate of drug-likeness (QED) is 0.773. The molecule has 4 rings (SSSR count). The van der Waals surface area contributed by atoms with E-state index in [1.807, 2.05) is 19.1 Å². The van der Waals surface area contributed by atoms with Gasteiger partial charge in [-0.2, -0.15) is 0 Å².